The molecule has 56 valence electrons. The molecular weight excluding hydrogens is 128 g/mol. The summed E-state index contributed by atoms with van der Waals surface area (Å²) < 4.78 is 4.81. The fourth-order valence-electron chi connectivity index (χ4n) is 0.515. The van der Waals surface area contributed by atoms with E-state index in [0.29, 0.717) is 13.0 Å². The van der Waals surface area contributed by atoms with Gasteiger partial charge in [-0.3, -0.25) is 4.79 Å². The summed E-state index contributed by atoms with van der Waals surface area (Å²) in [4.78, 5) is 10.6. The minimum atomic E-state index is 0.0627. The van der Waals surface area contributed by atoms with Crippen molar-refractivity contribution in [3.8, 4) is 0 Å². The van der Waals surface area contributed by atoms with Gasteiger partial charge in [-0.25, -0.2) is 0 Å². The molecule has 0 aromatic rings. The van der Waals surface area contributed by atoms with Crippen molar-refractivity contribution in [3.05, 3.63) is 25.5 Å². The van der Waals surface area contributed by atoms with Crippen LogP contribution in [0.3, 0.4) is 0 Å². The Bertz CT molecular complexity index is 127. The van der Waals surface area contributed by atoms with Gasteiger partial charge in [-0.1, -0.05) is 13.2 Å². The molecule has 0 aliphatic heterocycles. The van der Waals surface area contributed by atoms with E-state index in [1.54, 1.807) is 0 Å². The van der Waals surface area contributed by atoms with Crippen molar-refractivity contribution in [3.63, 3.8) is 0 Å². The van der Waals surface area contributed by atoms with Gasteiger partial charge in [0.05, 0.1) is 12.9 Å². The lowest BCUT2D eigenvalue weighted by atomic mass is 10.2. The molecule has 0 fully saturated rings. The van der Waals surface area contributed by atoms with Crippen LogP contribution in [0.25, 0.3) is 0 Å². The average Bonchev–Trinajstić information content (AvgIpc) is 1.98. The van der Waals surface area contributed by atoms with Gasteiger partial charge in [0.2, 0.25) is 0 Å². The standard InChI is InChI=1S/C8H12O2/c1-3-8(9)6-5-7-10-4-2/h3-4H,1-2,5-7H2. The molecule has 0 aliphatic rings. The molecule has 0 bridgehead atoms. The zero-order chi connectivity index (χ0) is 7.82. The minimum absolute atomic E-state index is 0.0627. The monoisotopic (exact) mass is 140 g/mol. The fourth-order valence-corrected chi connectivity index (χ4v) is 0.515. The van der Waals surface area contributed by atoms with Crippen LogP contribution in [-0.2, 0) is 9.53 Å². The summed E-state index contributed by atoms with van der Waals surface area (Å²) in [5.41, 5.74) is 0. The number of rotatable bonds is 6. The second-order valence-corrected chi connectivity index (χ2v) is 1.81. The van der Waals surface area contributed by atoms with Crippen molar-refractivity contribution >= 4 is 5.78 Å². The molecule has 0 aromatic heterocycles. The van der Waals surface area contributed by atoms with Crippen LogP contribution in [0, 0.1) is 0 Å². The summed E-state index contributed by atoms with van der Waals surface area (Å²) >= 11 is 0. The second kappa shape index (κ2) is 6.08. The molecule has 0 aromatic carbocycles. The number of hydrogen-bond acceptors (Lipinski definition) is 2. The number of carbonyl (C=O) groups is 1. The van der Waals surface area contributed by atoms with E-state index < -0.39 is 0 Å². The van der Waals surface area contributed by atoms with E-state index >= 15 is 0 Å². The molecule has 0 saturated heterocycles. The van der Waals surface area contributed by atoms with E-state index in [9.17, 15) is 4.79 Å². The van der Waals surface area contributed by atoms with Crippen LogP contribution >= 0.6 is 0 Å². The molecule has 0 heterocycles. The van der Waals surface area contributed by atoms with Crippen LogP contribution in [0.5, 0.6) is 0 Å². The molecule has 10 heavy (non-hydrogen) atoms. The Morgan fingerprint density at radius 1 is 1.50 bits per heavy atom. The SMILES string of the molecule is C=COCCCC(=O)C=C. The summed E-state index contributed by atoms with van der Waals surface area (Å²) in [6, 6.07) is 0. The van der Waals surface area contributed by atoms with Crippen molar-refractivity contribution in [2.75, 3.05) is 6.61 Å². The lowest BCUT2D eigenvalue weighted by molar-refractivity contribution is -0.114. The Hall–Kier alpha value is -1.05. The van der Waals surface area contributed by atoms with Crippen LogP contribution in [0.4, 0.5) is 0 Å². The van der Waals surface area contributed by atoms with Crippen LogP contribution in [0.15, 0.2) is 25.5 Å². The predicted octanol–water partition coefficient (Wildman–Crippen LogP) is 1.68. The number of carbonyl (C=O) groups excluding carboxylic acids is 1. The summed E-state index contributed by atoms with van der Waals surface area (Å²) in [5, 5.41) is 0. The lowest BCUT2D eigenvalue weighted by Gasteiger charge is -1.96. The van der Waals surface area contributed by atoms with Gasteiger partial charge in [0.25, 0.3) is 0 Å². The van der Waals surface area contributed by atoms with Gasteiger partial charge in [0.1, 0.15) is 0 Å². The van der Waals surface area contributed by atoms with Gasteiger partial charge < -0.3 is 4.74 Å². The van der Waals surface area contributed by atoms with Crippen molar-refractivity contribution in [2.45, 2.75) is 12.8 Å². The minimum Gasteiger partial charge on any atom is -0.502 e. The van der Waals surface area contributed by atoms with Crippen LogP contribution in [0.1, 0.15) is 12.8 Å². The Morgan fingerprint density at radius 3 is 2.70 bits per heavy atom. The van der Waals surface area contributed by atoms with E-state index in [2.05, 4.69) is 13.2 Å². The topological polar surface area (TPSA) is 26.3 Å². The normalized spacial score (nSPS) is 8.40. The molecule has 2 heteroatoms. The van der Waals surface area contributed by atoms with E-state index in [-0.39, 0.29) is 5.78 Å². The van der Waals surface area contributed by atoms with Gasteiger partial charge in [-0.2, -0.15) is 0 Å². The number of hydrogen-bond donors (Lipinski definition) is 0. The van der Waals surface area contributed by atoms with E-state index in [1.165, 1.54) is 12.3 Å². The van der Waals surface area contributed by atoms with E-state index in [4.69, 9.17) is 4.74 Å². The van der Waals surface area contributed by atoms with Crippen molar-refractivity contribution in [2.24, 2.45) is 0 Å². The largest absolute Gasteiger partial charge is 0.502 e. The Balaban J connectivity index is 3.11. The number of allylic oxidation sites excluding steroid dienone is 1. The molecule has 0 saturated carbocycles. The molecule has 0 radical (unpaired) electrons. The first-order valence-electron chi connectivity index (χ1n) is 3.19. The smallest absolute Gasteiger partial charge is 0.155 e. The molecule has 0 rings (SSSR count). The number of ether oxygens (including phenoxy) is 1. The second-order valence-electron chi connectivity index (χ2n) is 1.81. The molecule has 2 nitrogen and oxygen atoms in total. The maximum atomic E-state index is 10.6. The first-order valence-corrected chi connectivity index (χ1v) is 3.19. The number of ketones is 1. The Morgan fingerprint density at radius 2 is 2.20 bits per heavy atom. The highest BCUT2D eigenvalue weighted by Gasteiger charge is 1.93. The first kappa shape index (κ1) is 8.95. The van der Waals surface area contributed by atoms with Gasteiger partial charge >= 0.3 is 0 Å². The van der Waals surface area contributed by atoms with Gasteiger partial charge in [0, 0.05) is 6.42 Å². The predicted molar refractivity (Wildman–Crippen MR) is 40.6 cm³/mol. The van der Waals surface area contributed by atoms with E-state index in [0.717, 1.165) is 6.42 Å². The van der Waals surface area contributed by atoms with Crippen molar-refractivity contribution in [1.82, 2.24) is 0 Å². The summed E-state index contributed by atoms with van der Waals surface area (Å²) in [5.74, 6) is 0.0627. The first-order chi connectivity index (χ1) is 4.81. The average molecular weight is 140 g/mol. The molecule has 0 unspecified atom stereocenters. The van der Waals surface area contributed by atoms with E-state index in [1.807, 2.05) is 0 Å². The molecule has 0 spiro atoms. The van der Waals surface area contributed by atoms with Gasteiger partial charge in [0.15, 0.2) is 5.78 Å². The zero-order valence-electron chi connectivity index (χ0n) is 6.01. The quantitative estimate of drug-likeness (QED) is 0.319. The van der Waals surface area contributed by atoms with Gasteiger partial charge in [-0.05, 0) is 12.5 Å². The van der Waals surface area contributed by atoms with Gasteiger partial charge in [-0.15, -0.1) is 0 Å². The molecular formula is C8H12O2. The highest BCUT2D eigenvalue weighted by molar-refractivity contribution is 5.88. The molecule has 0 aliphatic carbocycles. The Kier molecular flexibility index (Phi) is 5.44. The highest BCUT2D eigenvalue weighted by atomic mass is 16.5. The van der Waals surface area contributed by atoms with Crippen LogP contribution in [0.2, 0.25) is 0 Å². The maximum Gasteiger partial charge on any atom is 0.155 e. The van der Waals surface area contributed by atoms with Crippen LogP contribution in [-0.4, -0.2) is 12.4 Å². The maximum absolute atomic E-state index is 10.6. The van der Waals surface area contributed by atoms with Crippen molar-refractivity contribution in [1.29, 1.82) is 0 Å². The molecule has 0 N–H and O–H groups in total. The Labute approximate surface area is 61.2 Å². The summed E-state index contributed by atoms with van der Waals surface area (Å²) in [7, 11) is 0. The van der Waals surface area contributed by atoms with Crippen LogP contribution < -0.4 is 0 Å². The third kappa shape index (κ3) is 5.09. The summed E-state index contributed by atoms with van der Waals surface area (Å²) in [6.07, 6.45) is 3.94. The molecule has 0 amide bonds. The third-order valence-corrected chi connectivity index (χ3v) is 1.03. The lowest BCUT2D eigenvalue weighted by Crippen LogP contribution is -1.95. The summed E-state index contributed by atoms with van der Waals surface area (Å²) in [6.45, 7) is 7.28. The fraction of sp³-hybridized carbons (Fsp3) is 0.375. The zero-order valence-corrected chi connectivity index (χ0v) is 6.01. The highest BCUT2D eigenvalue weighted by Crippen LogP contribution is 1.92. The third-order valence-electron chi connectivity index (χ3n) is 1.03. The van der Waals surface area contributed by atoms with Crippen molar-refractivity contribution < 1.29 is 9.53 Å². The molecule has 0 atom stereocenters.